The molecule has 0 radical (unpaired) electrons. The molecule has 3 aromatic rings. The van der Waals surface area contributed by atoms with E-state index in [-0.39, 0.29) is 0 Å². The fourth-order valence-electron chi connectivity index (χ4n) is 2.66. The monoisotopic (exact) mass is 352 g/mol. The molecule has 0 aliphatic rings. The van der Waals surface area contributed by atoms with Crippen molar-refractivity contribution in [2.75, 3.05) is 19.0 Å². The number of methoxy groups -OCH3 is 1. The average Bonchev–Trinajstić information content (AvgIpc) is 2.66. The van der Waals surface area contributed by atoms with Gasteiger partial charge in [-0.1, -0.05) is 37.5 Å². The van der Waals surface area contributed by atoms with Gasteiger partial charge in [-0.05, 0) is 36.8 Å². The Bertz CT molecular complexity index is 866. The van der Waals surface area contributed by atoms with Crippen molar-refractivity contribution in [1.29, 1.82) is 0 Å². The molecule has 0 aliphatic heterocycles. The van der Waals surface area contributed by atoms with E-state index in [0.717, 1.165) is 30.3 Å². The molecule has 1 aromatic heterocycles. The SMILES string of the molecule is CCCCCOc1cc2nnnc(Nc3ccc(C)cc3)c2cc1OC. The summed E-state index contributed by atoms with van der Waals surface area (Å²) >= 11 is 0. The smallest absolute Gasteiger partial charge is 0.164 e. The molecule has 26 heavy (non-hydrogen) atoms. The number of anilines is 2. The lowest BCUT2D eigenvalue weighted by atomic mass is 10.2. The molecular weight excluding hydrogens is 328 g/mol. The summed E-state index contributed by atoms with van der Waals surface area (Å²) in [4.78, 5) is 0. The number of rotatable bonds is 8. The van der Waals surface area contributed by atoms with Gasteiger partial charge < -0.3 is 14.8 Å². The molecule has 3 rings (SSSR count). The number of hydrogen-bond acceptors (Lipinski definition) is 6. The van der Waals surface area contributed by atoms with Crippen LogP contribution in [-0.2, 0) is 0 Å². The van der Waals surface area contributed by atoms with Gasteiger partial charge in [0.2, 0.25) is 0 Å². The molecule has 0 fully saturated rings. The number of aryl methyl sites for hydroxylation is 1. The number of nitrogens with one attached hydrogen (secondary N) is 1. The summed E-state index contributed by atoms with van der Waals surface area (Å²) in [5, 5.41) is 16.3. The Morgan fingerprint density at radius 2 is 1.81 bits per heavy atom. The minimum atomic E-state index is 0.634. The highest BCUT2D eigenvalue weighted by Crippen LogP contribution is 2.34. The van der Waals surface area contributed by atoms with Gasteiger partial charge in [0.05, 0.1) is 19.1 Å². The standard InChI is InChI=1S/C20H24N4O2/c1-4-5-6-11-26-19-13-17-16(12-18(19)25-3)20(23-24-22-17)21-15-9-7-14(2)8-10-15/h7-10,12-13H,4-6,11H2,1-3H3,(H,21,22,23). The minimum absolute atomic E-state index is 0.634. The molecule has 0 aliphatic carbocycles. The topological polar surface area (TPSA) is 69.2 Å². The van der Waals surface area contributed by atoms with Crippen molar-refractivity contribution in [2.24, 2.45) is 0 Å². The summed E-state index contributed by atoms with van der Waals surface area (Å²) in [6.07, 6.45) is 3.31. The molecule has 0 atom stereocenters. The molecule has 0 bridgehead atoms. The van der Waals surface area contributed by atoms with E-state index in [4.69, 9.17) is 9.47 Å². The molecule has 0 saturated carbocycles. The van der Waals surface area contributed by atoms with Crippen LogP contribution in [0.2, 0.25) is 0 Å². The summed E-state index contributed by atoms with van der Waals surface area (Å²) in [5.74, 6) is 1.98. The number of nitrogens with zero attached hydrogens (tertiary/aromatic N) is 3. The van der Waals surface area contributed by atoms with Crippen molar-refractivity contribution in [2.45, 2.75) is 33.1 Å². The lowest BCUT2D eigenvalue weighted by Gasteiger charge is -2.13. The number of hydrogen-bond donors (Lipinski definition) is 1. The van der Waals surface area contributed by atoms with Gasteiger partial charge in [-0.15, -0.1) is 10.2 Å². The normalized spacial score (nSPS) is 10.7. The Kier molecular flexibility index (Phi) is 5.84. The highest BCUT2D eigenvalue weighted by molar-refractivity contribution is 5.92. The van der Waals surface area contributed by atoms with E-state index in [1.807, 2.05) is 36.4 Å². The predicted molar refractivity (Wildman–Crippen MR) is 103 cm³/mol. The molecule has 2 aromatic carbocycles. The van der Waals surface area contributed by atoms with Gasteiger partial charge in [-0.3, -0.25) is 0 Å². The second-order valence-corrected chi connectivity index (χ2v) is 6.20. The van der Waals surface area contributed by atoms with Crippen molar-refractivity contribution >= 4 is 22.4 Å². The molecule has 1 N–H and O–H groups in total. The van der Waals surface area contributed by atoms with Gasteiger partial charge in [-0.25, -0.2) is 0 Å². The van der Waals surface area contributed by atoms with Gasteiger partial charge in [0.25, 0.3) is 0 Å². The molecular formula is C20H24N4O2. The maximum Gasteiger partial charge on any atom is 0.164 e. The van der Waals surface area contributed by atoms with Gasteiger partial charge in [-0.2, -0.15) is 0 Å². The van der Waals surface area contributed by atoms with Crippen LogP contribution >= 0.6 is 0 Å². The predicted octanol–water partition coefficient (Wildman–Crippen LogP) is 4.65. The van der Waals surface area contributed by atoms with Gasteiger partial charge >= 0.3 is 0 Å². The zero-order valence-electron chi connectivity index (χ0n) is 15.5. The Labute approximate surface area is 153 Å². The van der Waals surface area contributed by atoms with Crippen molar-refractivity contribution in [3.63, 3.8) is 0 Å². The van der Waals surface area contributed by atoms with Crippen LogP contribution in [0, 0.1) is 6.92 Å². The first-order valence-corrected chi connectivity index (χ1v) is 8.89. The van der Waals surface area contributed by atoms with Crippen molar-refractivity contribution < 1.29 is 9.47 Å². The fraction of sp³-hybridized carbons (Fsp3) is 0.350. The fourth-order valence-corrected chi connectivity index (χ4v) is 2.66. The van der Waals surface area contributed by atoms with E-state index in [1.54, 1.807) is 7.11 Å². The maximum absolute atomic E-state index is 5.88. The summed E-state index contributed by atoms with van der Waals surface area (Å²) in [6, 6.07) is 11.8. The van der Waals surface area contributed by atoms with Gasteiger partial charge in [0, 0.05) is 11.8 Å². The molecule has 136 valence electrons. The van der Waals surface area contributed by atoms with E-state index in [0.29, 0.717) is 29.4 Å². The highest BCUT2D eigenvalue weighted by Gasteiger charge is 2.12. The van der Waals surface area contributed by atoms with Crippen LogP contribution in [0.5, 0.6) is 11.5 Å². The van der Waals surface area contributed by atoms with Crippen molar-refractivity contribution in [3.8, 4) is 11.5 Å². The zero-order chi connectivity index (χ0) is 18.4. The second kappa shape index (κ2) is 8.47. The van der Waals surface area contributed by atoms with Crippen LogP contribution in [-0.4, -0.2) is 29.1 Å². The summed E-state index contributed by atoms with van der Waals surface area (Å²) in [7, 11) is 1.63. The molecule has 0 unspecified atom stereocenters. The summed E-state index contributed by atoms with van der Waals surface area (Å²) in [6.45, 7) is 4.88. The average molecular weight is 352 g/mol. The lowest BCUT2D eigenvalue weighted by molar-refractivity contribution is 0.286. The third kappa shape index (κ3) is 4.20. The summed E-state index contributed by atoms with van der Waals surface area (Å²) < 4.78 is 11.4. The highest BCUT2D eigenvalue weighted by atomic mass is 16.5. The summed E-state index contributed by atoms with van der Waals surface area (Å²) in [5.41, 5.74) is 2.85. The zero-order valence-corrected chi connectivity index (χ0v) is 15.5. The number of ether oxygens (including phenoxy) is 2. The van der Waals surface area contributed by atoms with Gasteiger partial charge in [0.15, 0.2) is 17.3 Å². The van der Waals surface area contributed by atoms with Crippen LogP contribution in [0.15, 0.2) is 36.4 Å². The van der Waals surface area contributed by atoms with Gasteiger partial charge in [0.1, 0.15) is 5.52 Å². The molecule has 0 saturated heterocycles. The Balaban J connectivity index is 1.89. The minimum Gasteiger partial charge on any atom is -0.493 e. The first kappa shape index (κ1) is 17.9. The van der Waals surface area contributed by atoms with Crippen LogP contribution in [0.1, 0.15) is 31.7 Å². The van der Waals surface area contributed by atoms with Crippen LogP contribution < -0.4 is 14.8 Å². The van der Waals surface area contributed by atoms with E-state index in [1.165, 1.54) is 5.56 Å². The quantitative estimate of drug-likeness (QED) is 0.595. The molecule has 6 nitrogen and oxygen atoms in total. The number of benzene rings is 2. The maximum atomic E-state index is 5.88. The first-order valence-electron chi connectivity index (χ1n) is 8.89. The second-order valence-electron chi connectivity index (χ2n) is 6.20. The van der Waals surface area contributed by atoms with E-state index in [9.17, 15) is 0 Å². The molecule has 6 heteroatoms. The Morgan fingerprint density at radius 3 is 2.54 bits per heavy atom. The van der Waals surface area contributed by atoms with E-state index < -0.39 is 0 Å². The van der Waals surface area contributed by atoms with Crippen molar-refractivity contribution in [1.82, 2.24) is 15.4 Å². The van der Waals surface area contributed by atoms with E-state index >= 15 is 0 Å². The first-order chi connectivity index (χ1) is 12.7. The number of unbranched alkanes of at least 4 members (excludes halogenated alkanes) is 2. The lowest BCUT2D eigenvalue weighted by Crippen LogP contribution is -2.02. The third-order valence-electron chi connectivity index (χ3n) is 4.15. The third-order valence-corrected chi connectivity index (χ3v) is 4.15. The Morgan fingerprint density at radius 1 is 1.00 bits per heavy atom. The van der Waals surface area contributed by atoms with Crippen LogP contribution in [0.4, 0.5) is 11.5 Å². The van der Waals surface area contributed by atoms with Crippen LogP contribution in [0.25, 0.3) is 10.9 Å². The number of fused-ring (bicyclic) bond motifs is 1. The number of aromatic nitrogens is 3. The molecule has 0 amide bonds. The van der Waals surface area contributed by atoms with Crippen LogP contribution in [0.3, 0.4) is 0 Å². The molecule has 0 spiro atoms. The Hall–Kier alpha value is -2.89. The van der Waals surface area contributed by atoms with Crippen molar-refractivity contribution in [3.05, 3.63) is 42.0 Å². The molecule has 1 heterocycles. The largest absolute Gasteiger partial charge is 0.493 e. The van der Waals surface area contributed by atoms with E-state index in [2.05, 4.69) is 34.6 Å².